The Labute approximate surface area is 67.2 Å². The minimum atomic E-state index is 0.547. The lowest BCUT2D eigenvalue weighted by Crippen LogP contribution is -2.14. The number of nitrogens with zero attached hydrogens (tertiary/aromatic N) is 2. The Morgan fingerprint density at radius 3 is 2.91 bits per heavy atom. The van der Waals surface area contributed by atoms with Crippen LogP contribution >= 0.6 is 0 Å². The molecule has 0 aliphatic rings. The van der Waals surface area contributed by atoms with Crippen LogP contribution in [-0.4, -0.2) is 16.3 Å². The van der Waals surface area contributed by atoms with Crippen molar-refractivity contribution in [1.29, 1.82) is 0 Å². The second-order valence-corrected chi connectivity index (χ2v) is 2.99. The fourth-order valence-corrected chi connectivity index (χ4v) is 1.04. The summed E-state index contributed by atoms with van der Waals surface area (Å²) in [6.07, 6.45) is 2.84. The molecular formula is C8H15N3. The average Bonchev–Trinajstić information content (AvgIpc) is 2.37. The summed E-state index contributed by atoms with van der Waals surface area (Å²) in [6.45, 7) is 2.89. The molecule has 0 aliphatic carbocycles. The summed E-state index contributed by atoms with van der Waals surface area (Å²) in [6, 6.07) is 2.03. The maximum absolute atomic E-state index is 5.51. The van der Waals surface area contributed by atoms with Crippen LogP contribution < -0.4 is 5.73 Å². The van der Waals surface area contributed by atoms with Crippen molar-refractivity contribution in [1.82, 2.24) is 9.78 Å². The first-order valence-electron chi connectivity index (χ1n) is 3.91. The molecular weight excluding hydrogens is 138 g/mol. The topological polar surface area (TPSA) is 43.8 Å². The van der Waals surface area contributed by atoms with Gasteiger partial charge < -0.3 is 5.73 Å². The average molecular weight is 153 g/mol. The maximum atomic E-state index is 5.51. The Morgan fingerprint density at radius 2 is 2.45 bits per heavy atom. The van der Waals surface area contributed by atoms with Crippen LogP contribution in [0.15, 0.2) is 12.3 Å². The Hall–Kier alpha value is -0.830. The van der Waals surface area contributed by atoms with Gasteiger partial charge in [-0.2, -0.15) is 5.10 Å². The number of hydrogen-bond acceptors (Lipinski definition) is 2. The summed E-state index contributed by atoms with van der Waals surface area (Å²) in [5.74, 6) is 0.547. The minimum absolute atomic E-state index is 0.547. The van der Waals surface area contributed by atoms with Gasteiger partial charge in [0.2, 0.25) is 0 Å². The molecule has 3 heteroatoms. The van der Waals surface area contributed by atoms with Gasteiger partial charge in [-0.15, -0.1) is 0 Å². The first-order chi connectivity index (χ1) is 5.24. The molecule has 3 nitrogen and oxygen atoms in total. The first kappa shape index (κ1) is 8.27. The van der Waals surface area contributed by atoms with Crippen molar-refractivity contribution in [2.75, 3.05) is 6.54 Å². The van der Waals surface area contributed by atoms with Crippen molar-refractivity contribution >= 4 is 0 Å². The Kier molecular flexibility index (Phi) is 2.65. The molecule has 1 heterocycles. The van der Waals surface area contributed by atoms with Crippen LogP contribution in [0, 0.1) is 5.92 Å². The molecule has 0 bridgehead atoms. The zero-order chi connectivity index (χ0) is 8.27. The summed E-state index contributed by atoms with van der Waals surface area (Å²) in [4.78, 5) is 0. The molecule has 1 atom stereocenters. The molecule has 0 saturated heterocycles. The quantitative estimate of drug-likeness (QED) is 0.689. The van der Waals surface area contributed by atoms with E-state index >= 15 is 0 Å². The van der Waals surface area contributed by atoms with E-state index in [0.717, 1.165) is 13.0 Å². The molecule has 11 heavy (non-hydrogen) atoms. The standard InChI is InChI=1S/C8H15N3/c1-7(6-9)5-8-3-4-10-11(8)2/h3-4,7H,5-6,9H2,1-2H3. The van der Waals surface area contributed by atoms with Gasteiger partial charge in [0.25, 0.3) is 0 Å². The normalized spacial score (nSPS) is 13.4. The third kappa shape index (κ3) is 2.05. The van der Waals surface area contributed by atoms with E-state index in [9.17, 15) is 0 Å². The van der Waals surface area contributed by atoms with Gasteiger partial charge in [-0.1, -0.05) is 6.92 Å². The highest BCUT2D eigenvalue weighted by atomic mass is 15.2. The van der Waals surface area contributed by atoms with Crippen molar-refractivity contribution in [2.24, 2.45) is 18.7 Å². The molecule has 0 aliphatic heterocycles. The summed E-state index contributed by atoms with van der Waals surface area (Å²) in [7, 11) is 1.96. The van der Waals surface area contributed by atoms with E-state index < -0.39 is 0 Å². The smallest absolute Gasteiger partial charge is 0.0492 e. The van der Waals surface area contributed by atoms with Crippen LogP contribution in [0.3, 0.4) is 0 Å². The van der Waals surface area contributed by atoms with Gasteiger partial charge in [-0.05, 0) is 24.9 Å². The summed E-state index contributed by atoms with van der Waals surface area (Å²) >= 11 is 0. The van der Waals surface area contributed by atoms with Crippen LogP contribution in [0.25, 0.3) is 0 Å². The van der Waals surface area contributed by atoms with E-state index in [0.29, 0.717) is 5.92 Å². The minimum Gasteiger partial charge on any atom is -0.330 e. The van der Waals surface area contributed by atoms with Gasteiger partial charge in [-0.25, -0.2) is 0 Å². The van der Waals surface area contributed by atoms with Crippen LogP contribution in [-0.2, 0) is 13.5 Å². The number of nitrogens with two attached hydrogens (primary N) is 1. The van der Waals surface area contributed by atoms with Crippen molar-refractivity contribution in [3.05, 3.63) is 18.0 Å². The van der Waals surface area contributed by atoms with Crippen molar-refractivity contribution in [2.45, 2.75) is 13.3 Å². The van der Waals surface area contributed by atoms with Crippen molar-refractivity contribution in [3.63, 3.8) is 0 Å². The number of aromatic nitrogens is 2. The molecule has 62 valence electrons. The first-order valence-corrected chi connectivity index (χ1v) is 3.91. The molecule has 1 unspecified atom stereocenters. The molecule has 0 amide bonds. The lowest BCUT2D eigenvalue weighted by molar-refractivity contribution is 0.559. The summed E-state index contributed by atoms with van der Waals surface area (Å²) in [5.41, 5.74) is 6.76. The third-order valence-electron chi connectivity index (χ3n) is 1.88. The van der Waals surface area contributed by atoms with Gasteiger partial charge >= 0.3 is 0 Å². The van der Waals surface area contributed by atoms with E-state index in [2.05, 4.69) is 12.0 Å². The van der Waals surface area contributed by atoms with Crippen molar-refractivity contribution in [3.8, 4) is 0 Å². The zero-order valence-electron chi connectivity index (χ0n) is 7.12. The van der Waals surface area contributed by atoms with E-state index in [1.807, 2.05) is 24.0 Å². The van der Waals surface area contributed by atoms with Gasteiger partial charge in [0, 0.05) is 18.9 Å². The lowest BCUT2D eigenvalue weighted by Gasteiger charge is -2.07. The van der Waals surface area contributed by atoms with Gasteiger partial charge in [-0.3, -0.25) is 4.68 Å². The maximum Gasteiger partial charge on any atom is 0.0492 e. The van der Waals surface area contributed by atoms with Crippen LogP contribution in [0.5, 0.6) is 0 Å². The van der Waals surface area contributed by atoms with E-state index in [4.69, 9.17) is 5.73 Å². The molecule has 1 aromatic heterocycles. The lowest BCUT2D eigenvalue weighted by atomic mass is 10.1. The van der Waals surface area contributed by atoms with Crippen LogP contribution in [0.4, 0.5) is 0 Å². The molecule has 1 rings (SSSR count). The molecule has 1 aromatic rings. The predicted molar refractivity (Wildman–Crippen MR) is 45.1 cm³/mol. The van der Waals surface area contributed by atoms with Crippen LogP contribution in [0.1, 0.15) is 12.6 Å². The summed E-state index contributed by atoms with van der Waals surface area (Å²) < 4.78 is 1.90. The molecule has 0 spiro atoms. The fourth-order valence-electron chi connectivity index (χ4n) is 1.04. The van der Waals surface area contributed by atoms with E-state index in [1.165, 1.54) is 5.69 Å². The predicted octanol–water partition coefficient (Wildman–Crippen LogP) is 0.557. The molecule has 0 aromatic carbocycles. The van der Waals surface area contributed by atoms with E-state index in [-0.39, 0.29) is 0 Å². The SMILES string of the molecule is CC(CN)Cc1ccnn1C. The molecule has 2 N–H and O–H groups in total. The van der Waals surface area contributed by atoms with E-state index in [1.54, 1.807) is 0 Å². The highest BCUT2D eigenvalue weighted by molar-refractivity contribution is 5.00. The Balaban J connectivity index is 2.56. The Bertz CT molecular complexity index is 217. The van der Waals surface area contributed by atoms with Crippen molar-refractivity contribution < 1.29 is 0 Å². The zero-order valence-corrected chi connectivity index (χ0v) is 7.12. The second kappa shape index (κ2) is 3.53. The monoisotopic (exact) mass is 153 g/mol. The Morgan fingerprint density at radius 1 is 1.73 bits per heavy atom. The van der Waals surface area contributed by atoms with Crippen LogP contribution in [0.2, 0.25) is 0 Å². The molecule has 0 fully saturated rings. The van der Waals surface area contributed by atoms with Gasteiger partial charge in [0.05, 0.1) is 0 Å². The number of hydrogen-bond donors (Lipinski definition) is 1. The van der Waals surface area contributed by atoms with Gasteiger partial charge in [0.15, 0.2) is 0 Å². The number of rotatable bonds is 3. The second-order valence-electron chi connectivity index (χ2n) is 2.99. The van der Waals surface area contributed by atoms with Gasteiger partial charge in [0.1, 0.15) is 0 Å². The fraction of sp³-hybridized carbons (Fsp3) is 0.625. The highest BCUT2D eigenvalue weighted by Crippen LogP contribution is 2.04. The highest BCUT2D eigenvalue weighted by Gasteiger charge is 2.03. The third-order valence-corrected chi connectivity index (χ3v) is 1.88. The molecule has 0 saturated carbocycles. The number of aryl methyl sites for hydroxylation is 1. The largest absolute Gasteiger partial charge is 0.330 e. The summed E-state index contributed by atoms with van der Waals surface area (Å²) in [5, 5.41) is 4.08. The molecule has 0 radical (unpaired) electrons.